The highest BCUT2D eigenvalue weighted by Crippen LogP contribution is 2.20. The summed E-state index contributed by atoms with van der Waals surface area (Å²) < 4.78 is 12.5. The first-order valence-electron chi connectivity index (χ1n) is 9.14. The molecule has 0 aliphatic rings. The van der Waals surface area contributed by atoms with Crippen molar-refractivity contribution >= 4 is 22.7 Å². The Bertz CT molecular complexity index is 1040. The molecule has 6 heteroatoms. The standard InChI is InChI=1S/C22H24N2O4/c1-14-11-19(17-7-5-6-8-20(17)23-14)22(26)28-13-21(25)18-12-15(2)24(16(18)3)9-10-27-4/h5-8,11-12H,9-10,13H2,1-4H3. The van der Waals surface area contributed by atoms with Gasteiger partial charge in [0.2, 0.25) is 5.78 Å². The number of aryl methyl sites for hydroxylation is 2. The maximum Gasteiger partial charge on any atom is 0.339 e. The summed E-state index contributed by atoms with van der Waals surface area (Å²) in [5.41, 5.74) is 4.25. The molecule has 2 aromatic heterocycles. The van der Waals surface area contributed by atoms with Crippen LogP contribution < -0.4 is 0 Å². The fourth-order valence-corrected chi connectivity index (χ4v) is 3.37. The number of Topliss-reactive ketones (excluding diaryl/α,β-unsaturated/α-hetero) is 1. The first-order chi connectivity index (χ1) is 13.4. The molecule has 1 aromatic carbocycles. The average Bonchev–Trinajstić information content (AvgIpc) is 2.97. The summed E-state index contributed by atoms with van der Waals surface area (Å²) >= 11 is 0. The predicted octanol–water partition coefficient (Wildman–Crippen LogP) is 3.65. The van der Waals surface area contributed by atoms with Gasteiger partial charge in [0.15, 0.2) is 6.61 Å². The SMILES string of the molecule is COCCn1c(C)cc(C(=O)COC(=O)c2cc(C)nc3ccccc23)c1C. The van der Waals surface area contributed by atoms with Gasteiger partial charge in [0.1, 0.15) is 0 Å². The zero-order chi connectivity index (χ0) is 20.3. The van der Waals surface area contributed by atoms with Gasteiger partial charge in [-0.05, 0) is 39.0 Å². The van der Waals surface area contributed by atoms with Crippen LogP contribution in [0.5, 0.6) is 0 Å². The molecule has 3 aromatic rings. The molecular weight excluding hydrogens is 356 g/mol. The number of hydrogen-bond acceptors (Lipinski definition) is 5. The van der Waals surface area contributed by atoms with Crippen molar-refractivity contribution in [3.8, 4) is 0 Å². The van der Waals surface area contributed by atoms with Crippen LogP contribution in [-0.2, 0) is 16.0 Å². The maximum absolute atomic E-state index is 12.6. The quantitative estimate of drug-likeness (QED) is 0.462. The Morgan fingerprint density at radius 2 is 1.82 bits per heavy atom. The highest BCUT2D eigenvalue weighted by Gasteiger charge is 2.19. The number of nitrogens with zero attached hydrogens (tertiary/aromatic N) is 2. The summed E-state index contributed by atoms with van der Waals surface area (Å²) in [6, 6.07) is 10.9. The molecule has 0 spiro atoms. The molecule has 146 valence electrons. The second-order valence-electron chi connectivity index (χ2n) is 6.76. The molecule has 3 rings (SSSR count). The van der Waals surface area contributed by atoms with Crippen molar-refractivity contribution in [2.75, 3.05) is 20.3 Å². The third-order valence-corrected chi connectivity index (χ3v) is 4.79. The van der Waals surface area contributed by atoms with Crippen LogP contribution in [0.1, 0.15) is 37.8 Å². The van der Waals surface area contributed by atoms with E-state index in [1.165, 1.54) is 0 Å². The van der Waals surface area contributed by atoms with Crippen molar-refractivity contribution in [1.29, 1.82) is 0 Å². The third kappa shape index (κ3) is 3.97. The van der Waals surface area contributed by atoms with Gasteiger partial charge in [0.25, 0.3) is 0 Å². The summed E-state index contributed by atoms with van der Waals surface area (Å²) in [6.07, 6.45) is 0. The molecule has 0 radical (unpaired) electrons. The number of ether oxygens (including phenoxy) is 2. The van der Waals surface area contributed by atoms with Gasteiger partial charge in [-0.1, -0.05) is 18.2 Å². The molecule has 0 aliphatic heterocycles. The molecule has 28 heavy (non-hydrogen) atoms. The molecule has 2 heterocycles. The second kappa shape index (κ2) is 8.35. The van der Waals surface area contributed by atoms with Gasteiger partial charge in [-0.15, -0.1) is 0 Å². The molecule has 0 bridgehead atoms. The van der Waals surface area contributed by atoms with E-state index < -0.39 is 5.97 Å². The van der Waals surface area contributed by atoms with Gasteiger partial charge >= 0.3 is 5.97 Å². The number of pyridine rings is 1. The first-order valence-corrected chi connectivity index (χ1v) is 9.14. The van der Waals surface area contributed by atoms with E-state index in [0.29, 0.717) is 29.7 Å². The van der Waals surface area contributed by atoms with Crippen molar-refractivity contribution in [3.63, 3.8) is 0 Å². The Morgan fingerprint density at radius 3 is 2.57 bits per heavy atom. The molecule has 0 amide bonds. The third-order valence-electron chi connectivity index (χ3n) is 4.79. The van der Waals surface area contributed by atoms with Crippen LogP contribution in [0.15, 0.2) is 36.4 Å². The highest BCUT2D eigenvalue weighted by atomic mass is 16.5. The van der Waals surface area contributed by atoms with Crippen LogP contribution in [0.4, 0.5) is 0 Å². The molecule has 0 saturated carbocycles. The van der Waals surface area contributed by atoms with Gasteiger partial charge in [0, 0.05) is 41.7 Å². The van der Waals surface area contributed by atoms with Crippen molar-refractivity contribution in [3.05, 3.63) is 64.6 Å². The van der Waals surface area contributed by atoms with Gasteiger partial charge in [0.05, 0.1) is 17.7 Å². The largest absolute Gasteiger partial charge is 0.454 e. The smallest absolute Gasteiger partial charge is 0.339 e. The lowest BCUT2D eigenvalue weighted by atomic mass is 10.1. The Labute approximate surface area is 164 Å². The van der Waals surface area contributed by atoms with E-state index in [1.54, 1.807) is 13.2 Å². The lowest BCUT2D eigenvalue weighted by Crippen LogP contribution is -2.16. The number of fused-ring (bicyclic) bond motifs is 1. The minimum Gasteiger partial charge on any atom is -0.454 e. The number of para-hydroxylation sites is 1. The maximum atomic E-state index is 12.6. The van der Waals surface area contributed by atoms with Crippen LogP contribution in [0.3, 0.4) is 0 Å². The Balaban J connectivity index is 1.76. The summed E-state index contributed by atoms with van der Waals surface area (Å²) in [7, 11) is 1.64. The zero-order valence-electron chi connectivity index (χ0n) is 16.6. The van der Waals surface area contributed by atoms with E-state index >= 15 is 0 Å². The minimum atomic E-state index is -0.525. The monoisotopic (exact) mass is 380 g/mol. The Morgan fingerprint density at radius 1 is 1.07 bits per heavy atom. The molecular formula is C22H24N2O4. The van der Waals surface area contributed by atoms with Crippen LogP contribution in [0, 0.1) is 20.8 Å². The van der Waals surface area contributed by atoms with Crippen LogP contribution in [-0.4, -0.2) is 41.6 Å². The Hall–Kier alpha value is -2.99. The minimum absolute atomic E-state index is 0.222. The summed E-state index contributed by atoms with van der Waals surface area (Å²) in [6.45, 7) is 6.58. The predicted molar refractivity (Wildman–Crippen MR) is 107 cm³/mol. The van der Waals surface area contributed by atoms with E-state index in [2.05, 4.69) is 4.98 Å². The van der Waals surface area contributed by atoms with E-state index in [-0.39, 0.29) is 12.4 Å². The normalized spacial score (nSPS) is 11.0. The molecule has 0 N–H and O–H groups in total. The lowest BCUT2D eigenvalue weighted by molar-refractivity contribution is 0.0476. The van der Waals surface area contributed by atoms with Crippen molar-refractivity contribution in [1.82, 2.24) is 9.55 Å². The molecule has 6 nitrogen and oxygen atoms in total. The highest BCUT2D eigenvalue weighted by molar-refractivity contribution is 6.05. The zero-order valence-corrected chi connectivity index (χ0v) is 16.6. The molecule has 0 unspecified atom stereocenters. The summed E-state index contributed by atoms with van der Waals surface area (Å²) in [5, 5.41) is 0.711. The van der Waals surface area contributed by atoms with Gasteiger partial charge in [-0.25, -0.2) is 4.79 Å². The van der Waals surface area contributed by atoms with Crippen molar-refractivity contribution in [2.45, 2.75) is 27.3 Å². The van der Waals surface area contributed by atoms with E-state index in [0.717, 1.165) is 22.6 Å². The van der Waals surface area contributed by atoms with E-state index in [1.807, 2.05) is 55.7 Å². The topological polar surface area (TPSA) is 70.4 Å². The lowest BCUT2D eigenvalue weighted by Gasteiger charge is -2.10. The van der Waals surface area contributed by atoms with Crippen LogP contribution >= 0.6 is 0 Å². The number of esters is 1. The average molecular weight is 380 g/mol. The van der Waals surface area contributed by atoms with Gasteiger partial charge < -0.3 is 14.0 Å². The van der Waals surface area contributed by atoms with Gasteiger partial charge in [-0.2, -0.15) is 0 Å². The number of methoxy groups -OCH3 is 1. The van der Waals surface area contributed by atoms with E-state index in [4.69, 9.17) is 9.47 Å². The number of carbonyl (C=O) groups excluding carboxylic acids is 2. The number of hydrogen-bond donors (Lipinski definition) is 0. The molecule has 0 fully saturated rings. The van der Waals surface area contributed by atoms with E-state index in [9.17, 15) is 9.59 Å². The van der Waals surface area contributed by atoms with Crippen LogP contribution in [0.2, 0.25) is 0 Å². The molecule has 0 atom stereocenters. The number of carbonyl (C=O) groups is 2. The summed E-state index contributed by atoms with van der Waals surface area (Å²) in [4.78, 5) is 29.7. The Kier molecular flexibility index (Phi) is 5.90. The molecule has 0 saturated heterocycles. The van der Waals surface area contributed by atoms with Crippen molar-refractivity contribution < 1.29 is 19.1 Å². The number of ketones is 1. The fourth-order valence-electron chi connectivity index (χ4n) is 3.37. The fraction of sp³-hybridized carbons (Fsp3) is 0.318. The molecule has 0 aliphatic carbocycles. The number of rotatable bonds is 7. The van der Waals surface area contributed by atoms with Crippen LogP contribution in [0.25, 0.3) is 10.9 Å². The second-order valence-corrected chi connectivity index (χ2v) is 6.76. The van der Waals surface area contributed by atoms with Crippen molar-refractivity contribution in [2.24, 2.45) is 0 Å². The summed E-state index contributed by atoms with van der Waals surface area (Å²) in [5.74, 6) is -0.747. The van der Waals surface area contributed by atoms with Gasteiger partial charge in [-0.3, -0.25) is 9.78 Å². The number of benzene rings is 1. The first kappa shape index (κ1) is 19.8. The number of aromatic nitrogens is 2.